The Labute approximate surface area is 101 Å². The van der Waals surface area contributed by atoms with E-state index in [0.29, 0.717) is 22.5 Å². The standard InChI is InChI=1S/C11H9BrN2O2/c12-10-6-9(16-14-10)7-13-11(15)8-4-2-1-3-5-8/h1-6H,7H2,(H,13,15). The normalized spacial score (nSPS) is 10.1. The third-order valence-corrected chi connectivity index (χ3v) is 2.36. The van der Waals surface area contributed by atoms with Gasteiger partial charge in [-0.15, -0.1) is 0 Å². The Balaban J connectivity index is 1.94. The van der Waals surface area contributed by atoms with Gasteiger partial charge in [-0.2, -0.15) is 0 Å². The number of nitrogens with one attached hydrogen (secondary N) is 1. The molecule has 82 valence electrons. The molecular weight excluding hydrogens is 272 g/mol. The van der Waals surface area contributed by atoms with Crippen molar-refractivity contribution in [1.82, 2.24) is 10.5 Å². The van der Waals surface area contributed by atoms with E-state index >= 15 is 0 Å². The van der Waals surface area contributed by atoms with Crippen LogP contribution in [0.25, 0.3) is 0 Å². The minimum Gasteiger partial charge on any atom is -0.358 e. The van der Waals surface area contributed by atoms with Crippen molar-refractivity contribution in [3.63, 3.8) is 0 Å². The Morgan fingerprint density at radius 2 is 2.12 bits per heavy atom. The zero-order valence-electron chi connectivity index (χ0n) is 8.31. The van der Waals surface area contributed by atoms with E-state index in [4.69, 9.17) is 4.52 Å². The minimum absolute atomic E-state index is 0.131. The summed E-state index contributed by atoms with van der Waals surface area (Å²) in [6.45, 7) is 0.326. The molecule has 0 bridgehead atoms. The average molecular weight is 281 g/mol. The lowest BCUT2D eigenvalue weighted by Gasteiger charge is -2.01. The summed E-state index contributed by atoms with van der Waals surface area (Å²) in [5.74, 6) is 0.476. The summed E-state index contributed by atoms with van der Waals surface area (Å²) in [6.07, 6.45) is 0. The first-order valence-electron chi connectivity index (χ1n) is 4.70. The lowest BCUT2D eigenvalue weighted by atomic mass is 10.2. The van der Waals surface area contributed by atoms with Crippen molar-refractivity contribution in [1.29, 1.82) is 0 Å². The molecule has 4 nitrogen and oxygen atoms in total. The van der Waals surface area contributed by atoms with Crippen LogP contribution in [0.4, 0.5) is 0 Å². The van der Waals surface area contributed by atoms with Crippen molar-refractivity contribution >= 4 is 21.8 Å². The summed E-state index contributed by atoms with van der Waals surface area (Å²) in [4.78, 5) is 11.6. The maximum Gasteiger partial charge on any atom is 0.251 e. The molecule has 0 aliphatic heterocycles. The average Bonchev–Trinajstić information content (AvgIpc) is 2.73. The third kappa shape index (κ3) is 2.70. The molecule has 1 aromatic heterocycles. The van der Waals surface area contributed by atoms with Crippen molar-refractivity contribution in [3.8, 4) is 0 Å². The molecular formula is C11H9BrN2O2. The summed E-state index contributed by atoms with van der Waals surface area (Å²) in [6, 6.07) is 10.7. The van der Waals surface area contributed by atoms with Crippen LogP contribution in [0.2, 0.25) is 0 Å². The Hall–Kier alpha value is -1.62. The molecule has 1 amide bonds. The van der Waals surface area contributed by atoms with Gasteiger partial charge in [0, 0.05) is 11.6 Å². The molecule has 1 aromatic carbocycles. The van der Waals surface area contributed by atoms with Gasteiger partial charge in [0.05, 0.1) is 6.54 Å². The van der Waals surface area contributed by atoms with Crippen LogP contribution in [0.1, 0.15) is 16.1 Å². The largest absolute Gasteiger partial charge is 0.358 e. The molecule has 0 radical (unpaired) electrons. The molecule has 2 rings (SSSR count). The van der Waals surface area contributed by atoms with Crippen LogP contribution in [0.15, 0.2) is 45.5 Å². The quantitative estimate of drug-likeness (QED) is 0.939. The van der Waals surface area contributed by atoms with Gasteiger partial charge in [0.25, 0.3) is 5.91 Å². The van der Waals surface area contributed by atoms with Crippen molar-refractivity contribution in [2.75, 3.05) is 0 Å². The summed E-state index contributed by atoms with van der Waals surface area (Å²) >= 11 is 3.17. The number of halogens is 1. The van der Waals surface area contributed by atoms with Gasteiger partial charge in [-0.05, 0) is 28.1 Å². The molecule has 0 fully saturated rings. The summed E-state index contributed by atoms with van der Waals surface area (Å²) in [5.41, 5.74) is 0.626. The van der Waals surface area contributed by atoms with Crippen molar-refractivity contribution in [3.05, 3.63) is 52.3 Å². The van der Waals surface area contributed by atoms with E-state index in [1.165, 1.54) is 0 Å². The lowest BCUT2D eigenvalue weighted by molar-refractivity contribution is 0.0947. The molecule has 0 aliphatic rings. The number of rotatable bonds is 3. The van der Waals surface area contributed by atoms with Crippen LogP contribution >= 0.6 is 15.9 Å². The highest BCUT2D eigenvalue weighted by Gasteiger charge is 2.06. The predicted octanol–water partition coefficient (Wildman–Crippen LogP) is 2.37. The van der Waals surface area contributed by atoms with E-state index in [1.54, 1.807) is 18.2 Å². The first-order valence-corrected chi connectivity index (χ1v) is 5.49. The summed E-state index contributed by atoms with van der Waals surface area (Å²) in [5, 5.41) is 6.39. The van der Waals surface area contributed by atoms with E-state index in [1.807, 2.05) is 18.2 Å². The van der Waals surface area contributed by atoms with Gasteiger partial charge in [-0.25, -0.2) is 0 Å². The maximum atomic E-state index is 11.6. The van der Waals surface area contributed by atoms with Crippen LogP contribution in [-0.2, 0) is 6.54 Å². The monoisotopic (exact) mass is 280 g/mol. The molecule has 0 unspecified atom stereocenters. The molecule has 0 saturated heterocycles. The van der Waals surface area contributed by atoms with Crippen molar-refractivity contribution in [2.45, 2.75) is 6.54 Å². The molecule has 0 saturated carbocycles. The van der Waals surface area contributed by atoms with E-state index in [2.05, 4.69) is 26.4 Å². The zero-order valence-corrected chi connectivity index (χ0v) is 9.90. The fourth-order valence-corrected chi connectivity index (χ4v) is 1.56. The van der Waals surface area contributed by atoms with Gasteiger partial charge >= 0.3 is 0 Å². The predicted molar refractivity (Wildman–Crippen MR) is 61.8 cm³/mol. The van der Waals surface area contributed by atoms with Crippen LogP contribution in [0.5, 0.6) is 0 Å². The highest BCUT2D eigenvalue weighted by molar-refractivity contribution is 9.10. The van der Waals surface area contributed by atoms with Crippen molar-refractivity contribution < 1.29 is 9.32 Å². The first-order chi connectivity index (χ1) is 7.75. The van der Waals surface area contributed by atoms with Crippen molar-refractivity contribution in [2.24, 2.45) is 0 Å². The molecule has 0 spiro atoms. The second kappa shape index (κ2) is 4.94. The lowest BCUT2D eigenvalue weighted by Crippen LogP contribution is -2.22. The van der Waals surface area contributed by atoms with Crippen LogP contribution in [0.3, 0.4) is 0 Å². The van der Waals surface area contributed by atoms with Crippen LogP contribution < -0.4 is 5.32 Å². The second-order valence-corrected chi connectivity index (χ2v) is 3.98. The second-order valence-electron chi connectivity index (χ2n) is 3.16. The SMILES string of the molecule is O=C(NCc1cc(Br)no1)c1ccccc1. The van der Waals surface area contributed by atoms with Gasteiger partial charge < -0.3 is 9.84 Å². The van der Waals surface area contributed by atoms with Crippen LogP contribution in [-0.4, -0.2) is 11.1 Å². The molecule has 16 heavy (non-hydrogen) atoms. The number of nitrogens with zero attached hydrogens (tertiary/aromatic N) is 1. The molecule has 0 aliphatic carbocycles. The van der Waals surface area contributed by atoms with Gasteiger partial charge in [0.15, 0.2) is 5.76 Å². The number of hydrogen-bond donors (Lipinski definition) is 1. The number of aromatic nitrogens is 1. The van der Waals surface area contributed by atoms with E-state index in [0.717, 1.165) is 0 Å². The molecule has 1 N–H and O–H groups in total. The topological polar surface area (TPSA) is 55.1 Å². The Morgan fingerprint density at radius 3 is 2.75 bits per heavy atom. The third-order valence-electron chi connectivity index (χ3n) is 1.99. The highest BCUT2D eigenvalue weighted by Crippen LogP contribution is 2.09. The number of carbonyl (C=O) groups is 1. The molecule has 2 aromatic rings. The number of carbonyl (C=O) groups excluding carboxylic acids is 1. The highest BCUT2D eigenvalue weighted by atomic mass is 79.9. The number of amides is 1. The maximum absolute atomic E-state index is 11.6. The van der Waals surface area contributed by atoms with Gasteiger partial charge in [0.2, 0.25) is 0 Å². The van der Waals surface area contributed by atoms with E-state index in [-0.39, 0.29) is 5.91 Å². The number of hydrogen-bond acceptors (Lipinski definition) is 3. The molecule has 5 heteroatoms. The van der Waals surface area contributed by atoms with Gasteiger partial charge in [-0.3, -0.25) is 4.79 Å². The zero-order chi connectivity index (χ0) is 11.4. The number of benzene rings is 1. The first kappa shape index (κ1) is 10.9. The van der Waals surface area contributed by atoms with E-state index < -0.39 is 0 Å². The molecule has 0 atom stereocenters. The minimum atomic E-state index is -0.131. The Kier molecular flexibility index (Phi) is 3.36. The van der Waals surface area contributed by atoms with Gasteiger partial charge in [-0.1, -0.05) is 23.4 Å². The smallest absolute Gasteiger partial charge is 0.251 e. The summed E-state index contributed by atoms with van der Waals surface area (Å²) in [7, 11) is 0. The molecule has 1 heterocycles. The van der Waals surface area contributed by atoms with E-state index in [9.17, 15) is 4.79 Å². The Morgan fingerprint density at radius 1 is 1.38 bits per heavy atom. The fourth-order valence-electron chi connectivity index (χ4n) is 1.23. The fraction of sp³-hybridized carbons (Fsp3) is 0.0909. The Bertz CT molecular complexity index is 482. The van der Waals surface area contributed by atoms with Gasteiger partial charge in [0.1, 0.15) is 4.60 Å². The summed E-state index contributed by atoms with van der Waals surface area (Å²) < 4.78 is 5.56. The van der Waals surface area contributed by atoms with Crippen LogP contribution in [0, 0.1) is 0 Å².